The van der Waals surface area contributed by atoms with E-state index >= 15 is 0 Å². The molecule has 0 radical (unpaired) electrons. The summed E-state index contributed by atoms with van der Waals surface area (Å²) in [6, 6.07) is 15.6. The van der Waals surface area contributed by atoms with Gasteiger partial charge in [0.25, 0.3) is 0 Å². The number of carbonyl (C=O) groups is 1. The molecule has 1 heterocycles. The average molecular weight is 377 g/mol. The largest absolute Gasteiger partial charge is 0.433 e. The number of nitrogens with zero attached hydrogens (tertiary/aromatic N) is 1. The van der Waals surface area contributed by atoms with Gasteiger partial charge in [-0.25, -0.2) is 0 Å². The summed E-state index contributed by atoms with van der Waals surface area (Å²) in [5.74, 6) is -0.377. The number of amides is 1. The molecule has 0 aliphatic heterocycles. The number of halogens is 3. The van der Waals surface area contributed by atoms with Crippen molar-refractivity contribution in [3.63, 3.8) is 0 Å². The summed E-state index contributed by atoms with van der Waals surface area (Å²) < 4.78 is 30.7. The van der Waals surface area contributed by atoms with Gasteiger partial charge >= 0.3 is 6.61 Å². The highest BCUT2D eigenvalue weighted by Gasteiger charge is 2.10. The van der Waals surface area contributed by atoms with E-state index in [1.54, 1.807) is 0 Å². The normalized spacial score (nSPS) is 10.8. The fraction of sp³-hybridized carbons (Fsp3) is 0.105. The Bertz CT molecular complexity index is 881. The van der Waals surface area contributed by atoms with Crippen LogP contribution in [0.5, 0.6) is 5.75 Å². The lowest BCUT2D eigenvalue weighted by molar-refractivity contribution is -0.115. The molecule has 0 unspecified atom stereocenters. The number of hydrogen-bond acceptors (Lipinski definition) is 2. The third-order valence-electron chi connectivity index (χ3n) is 3.64. The molecule has 0 aliphatic rings. The first-order chi connectivity index (χ1) is 12.5. The fourth-order valence-corrected chi connectivity index (χ4v) is 2.68. The maximum atomic E-state index is 12.2. The van der Waals surface area contributed by atoms with Crippen LogP contribution in [0.3, 0.4) is 0 Å². The Hall–Kier alpha value is -2.86. The van der Waals surface area contributed by atoms with Crippen molar-refractivity contribution in [3.8, 4) is 11.4 Å². The van der Waals surface area contributed by atoms with Crippen molar-refractivity contribution in [2.45, 2.75) is 13.0 Å². The molecule has 1 aromatic heterocycles. The van der Waals surface area contributed by atoms with Crippen LogP contribution in [0.4, 0.5) is 14.5 Å². The van der Waals surface area contributed by atoms with Crippen LogP contribution in [0.1, 0.15) is 5.56 Å². The van der Waals surface area contributed by atoms with Crippen molar-refractivity contribution in [1.82, 2.24) is 4.57 Å². The number of carbonyl (C=O) groups excluding carboxylic acids is 1. The van der Waals surface area contributed by atoms with Gasteiger partial charge in [0.15, 0.2) is 0 Å². The van der Waals surface area contributed by atoms with Crippen LogP contribution in [0, 0.1) is 0 Å². The predicted octanol–water partition coefficient (Wildman–Crippen LogP) is 4.91. The highest BCUT2D eigenvalue weighted by atomic mass is 35.5. The maximum absolute atomic E-state index is 12.2. The van der Waals surface area contributed by atoms with E-state index in [2.05, 4.69) is 10.1 Å². The first-order valence-corrected chi connectivity index (χ1v) is 8.15. The van der Waals surface area contributed by atoms with Crippen LogP contribution in [-0.4, -0.2) is 17.1 Å². The molecule has 2 aromatic carbocycles. The highest BCUT2D eigenvalue weighted by molar-refractivity contribution is 6.32. The smallest absolute Gasteiger partial charge is 0.387 e. The van der Waals surface area contributed by atoms with Gasteiger partial charge in [0.1, 0.15) is 5.75 Å². The molecule has 0 spiro atoms. The lowest BCUT2D eigenvalue weighted by Gasteiger charge is -2.10. The minimum atomic E-state index is -2.96. The number of alkyl halides is 2. The standard InChI is InChI=1S/C19H15ClF2N2O2/c20-16-12-14(5-8-17(16)26-19(21)22)23-18(25)11-13-3-6-15(7-4-13)24-9-1-2-10-24/h1-10,12,19H,11H2,(H,23,25). The molecular weight excluding hydrogens is 362 g/mol. The number of hydrogen-bond donors (Lipinski definition) is 1. The van der Waals surface area contributed by atoms with Crippen molar-refractivity contribution in [2.75, 3.05) is 5.32 Å². The predicted molar refractivity (Wildman–Crippen MR) is 96.2 cm³/mol. The summed E-state index contributed by atoms with van der Waals surface area (Å²) in [5.41, 5.74) is 2.26. The van der Waals surface area contributed by atoms with E-state index in [9.17, 15) is 13.6 Å². The average Bonchev–Trinajstić information content (AvgIpc) is 3.12. The van der Waals surface area contributed by atoms with Crippen molar-refractivity contribution >= 4 is 23.2 Å². The molecule has 3 rings (SSSR count). The number of aromatic nitrogens is 1. The molecule has 0 fully saturated rings. The highest BCUT2D eigenvalue weighted by Crippen LogP contribution is 2.29. The van der Waals surface area contributed by atoms with Crippen LogP contribution in [-0.2, 0) is 11.2 Å². The van der Waals surface area contributed by atoms with Crippen molar-refractivity contribution in [1.29, 1.82) is 0 Å². The van der Waals surface area contributed by atoms with Gasteiger partial charge in [-0.05, 0) is 48.0 Å². The molecule has 0 saturated heterocycles. The summed E-state index contributed by atoms with van der Waals surface area (Å²) in [7, 11) is 0. The molecular formula is C19H15ClF2N2O2. The van der Waals surface area contributed by atoms with Crippen molar-refractivity contribution in [2.24, 2.45) is 0 Å². The quantitative estimate of drug-likeness (QED) is 0.664. The van der Waals surface area contributed by atoms with Gasteiger partial charge in [-0.1, -0.05) is 23.7 Å². The lowest BCUT2D eigenvalue weighted by Crippen LogP contribution is -2.14. The summed E-state index contributed by atoms with van der Waals surface area (Å²) in [6.45, 7) is -2.96. The first-order valence-electron chi connectivity index (χ1n) is 7.78. The van der Waals surface area contributed by atoms with Gasteiger partial charge in [-0.2, -0.15) is 8.78 Å². The summed E-state index contributed by atoms with van der Waals surface area (Å²) in [6.07, 6.45) is 4.05. The number of rotatable bonds is 6. The first kappa shape index (κ1) is 17.9. The molecule has 0 aliphatic carbocycles. The molecule has 0 saturated carbocycles. The second kappa shape index (κ2) is 8.01. The number of anilines is 1. The Morgan fingerprint density at radius 2 is 1.81 bits per heavy atom. The number of benzene rings is 2. The molecule has 4 nitrogen and oxygen atoms in total. The van der Waals surface area contributed by atoms with E-state index in [0.717, 1.165) is 11.3 Å². The molecule has 0 atom stereocenters. The SMILES string of the molecule is O=C(Cc1ccc(-n2cccc2)cc1)Nc1ccc(OC(F)F)c(Cl)c1. The zero-order valence-electron chi connectivity index (χ0n) is 13.5. The van der Waals surface area contributed by atoms with E-state index in [1.807, 2.05) is 53.4 Å². The second-order valence-electron chi connectivity index (χ2n) is 5.51. The Morgan fingerprint density at radius 3 is 2.42 bits per heavy atom. The van der Waals surface area contributed by atoms with E-state index in [4.69, 9.17) is 11.6 Å². The summed E-state index contributed by atoms with van der Waals surface area (Å²) >= 11 is 5.87. The van der Waals surface area contributed by atoms with Crippen LogP contribution >= 0.6 is 11.6 Å². The minimum Gasteiger partial charge on any atom is -0.433 e. The molecule has 134 valence electrons. The van der Waals surface area contributed by atoms with E-state index in [-0.39, 0.29) is 23.1 Å². The zero-order valence-corrected chi connectivity index (χ0v) is 14.3. The Kier molecular flexibility index (Phi) is 5.53. The van der Waals surface area contributed by atoms with Gasteiger partial charge in [0.05, 0.1) is 11.4 Å². The van der Waals surface area contributed by atoms with Gasteiger partial charge in [-0.3, -0.25) is 4.79 Å². The van der Waals surface area contributed by atoms with Crippen LogP contribution in [0.2, 0.25) is 5.02 Å². The van der Waals surface area contributed by atoms with Gasteiger partial charge in [0, 0.05) is 23.8 Å². The van der Waals surface area contributed by atoms with Gasteiger partial charge < -0.3 is 14.6 Å². The topological polar surface area (TPSA) is 43.3 Å². The zero-order chi connectivity index (χ0) is 18.5. The maximum Gasteiger partial charge on any atom is 0.387 e. The monoisotopic (exact) mass is 376 g/mol. The molecule has 7 heteroatoms. The Morgan fingerprint density at radius 1 is 1.12 bits per heavy atom. The van der Waals surface area contributed by atoms with Crippen molar-refractivity contribution < 1.29 is 18.3 Å². The third-order valence-corrected chi connectivity index (χ3v) is 3.93. The molecule has 1 amide bonds. The van der Waals surface area contributed by atoms with E-state index in [0.29, 0.717) is 5.69 Å². The fourth-order valence-electron chi connectivity index (χ4n) is 2.45. The third kappa shape index (κ3) is 4.61. The van der Waals surface area contributed by atoms with Gasteiger partial charge in [0.2, 0.25) is 5.91 Å². The van der Waals surface area contributed by atoms with E-state index < -0.39 is 6.61 Å². The number of ether oxygens (including phenoxy) is 1. The minimum absolute atomic E-state index is 0.000763. The summed E-state index contributed by atoms with van der Waals surface area (Å²) in [4.78, 5) is 12.2. The van der Waals surface area contributed by atoms with E-state index in [1.165, 1.54) is 18.2 Å². The van der Waals surface area contributed by atoms with Crippen LogP contribution < -0.4 is 10.1 Å². The Balaban J connectivity index is 1.61. The Labute approximate surface area is 154 Å². The van der Waals surface area contributed by atoms with Gasteiger partial charge in [-0.15, -0.1) is 0 Å². The second-order valence-corrected chi connectivity index (χ2v) is 5.91. The summed E-state index contributed by atoms with van der Waals surface area (Å²) in [5, 5.41) is 2.68. The number of nitrogens with one attached hydrogen (secondary N) is 1. The molecule has 26 heavy (non-hydrogen) atoms. The molecule has 1 N–H and O–H groups in total. The molecule has 0 bridgehead atoms. The van der Waals surface area contributed by atoms with Crippen LogP contribution in [0.25, 0.3) is 5.69 Å². The molecule has 3 aromatic rings. The lowest BCUT2D eigenvalue weighted by atomic mass is 10.1. The van der Waals surface area contributed by atoms with Crippen molar-refractivity contribution in [3.05, 3.63) is 77.6 Å². The van der Waals surface area contributed by atoms with Crippen LogP contribution in [0.15, 0.2) is 67.0 Å².